The predicted molar refractivity (Wildman–Crippen MR) is 266 cm³/mol. The van der Waals surface area contributed by atoms with E-state index >= 15 is 0 Å². The number of carbonyl (C=O) groups excluding carboxylic acids is 1. The molecule has 0 spiro atoms. The normalized spacial score (nSPS) is 17.9. The van der Waals surface area contributed by atoms with Crippen LogP contribution in [0.5, 0.6) is 0 Å². The number of hydrogen-bond acceptors (Lipinski definition) is 7. The second-order valence-electron chi connectivity index (χ2n) is 18.6. The average molecular weight is 894 g/mol. The number of thiophene rings is 2. The van der Waals surface area contributed by atoms with Crippen LogP contribution in [0.3, 0.4) is 0 Å². The van der Waals surface area contributed by atoms with Gasteiger partial charge >= 0.3 is 5.97 Å². The highest BCUT2D eigenvalue weighted by Crippen LogP contribution is 2.50. The van der Waals surface area contributed by atoms with E-state index in [1.165, 1.54) is 59.5 Å². The molecule has 2 aromatic carbocycles. The SMILES string of the molecule is CCCCCCCC[N+]1=C(/C=C2\C(=O)C(/C=C3/N(CC)c4ccccc4C3(C)C)=C2O)C(C)(C)c2cc(-c3cc4c(s3)c3sc(/C=C(\C#N)C(=O)O)cc3n4CCCCCC)ccc21. The number of aromatic nitrogens is 1. The summed E-state index contributed by atoms with van der Waals surface area (Å²) in [7, 11) is 0. The second kappa shape index (κ2) is 18.2. The minimum atomic E-state index is -1.22. The molecule has 0 saturated heterocycles. The number of aliphatic hydroxyl groups is 1. The molecule has 0 fully saturated rings. The van der Waals surface area contributed by atoms with Crippen molar-refractivity contribution in [3.05, 3.63) is 111 Å². The van der Waals surface area contributed by atoms with Crippen molar-refractivity contribution >= 4 is 78.0 Å². The van der Waals surface area contributed by atoms with Crippen molar-refractivity contribution < 1.29 is 24.4 Å². The van der Waals surface area contributed by atoms with E-state index in [4.69, 9.17) is 0 Å². The van der Waals surface area contributed by atoms with Gasteiger partial charge in [-0.1, -0.05) is 90.8 Å². The summed E-state index contributed by atoms with van der Waals surface area (Å²) in [6, 6.07) is 21.4. The number of benzene rings is 2. The Hall–Kier alpha value is -5.50. The Kier molecular flexibility index (Phi) is 12.8. The standard InChI is InChI=1S/C54H60N4O4S2/c1-8-11-13-15-16-20-26-58-42-24-23-34(45-32-44-51(64-45)50-43(57(44)25-19-14-12-9-2)29-36(63-50)27-35(33-55)52(61)62)28-40(42)54(6,7)47(58)31-38-48(59)37(49(38)60)30-46-53(4,5)39-21-17-18-22-41(39)56(46)10-3/h17-18,21-24,27-32H,8-16,19-20,25-26H2,1-7H3,(H-,59,60,61,62)/p+1/b35-27+. The molecule has 0 unspecified atom stereocenters. The summed E-state index contributed by atoms with van der Waals surface area (Å²) >= 11 is 3.30. The maximum absolute atomic E-state index is 14.2. The number of ketones is 1. The number of allylic oxidation sites excluding steroid dienone is 5. The van der Waals surface area contributed by atoms with Crippen LogP contribution in [-0.2, 0) is 27.0 Å². The van der Waals surface area contributed by atoms with Crippen LogP contribution < -0.4 is 4.90 Å². The Labute approximate surface area is 385 Å². The predicted octanol–water partition coefficient (Wildman–Crippen LogP) is 13.9. The molecule has 5 heterocycles. The van der Waals surface area contributed by atoms with Crippen LogP contribution in [-0.4, -0.2) is 49.9 Å². The van der Waals surface area contributed by atoms with Crippen LogP contribution in [0, 0.1) is 11.3 Å². The number of aliphatic hydroxyl groups excluding tert-OH is 1. The van der Waals surface area contributed by atoms with Gasteiger partial charge in [-0.25, -0.2) is 4.79 Å². The minimum absolute atomic E-state index is 0.0607. The summed E-state index contributed by atoms with van der Waals surface area (Å²) in [4.78, 5) is 30.1. The number of anilines is 1. The number of carbonyl (C=O) groups is 2. The second-order valence-corrected chi connectivity index (χ2v) is 20.7. The molecule has 5 aromatic rings. The summed E-state index contributed by atoms with van der Waals surface area (Å²) < 4.78 is 7.06. The maximum Gasteiger partial charge on any atom is 0.346 e. The summed E-state index contributed by atoms with van der Waals surface area (Å²) in [6.07, 6.45) is 16.9. The summed E-state index contributed by atoms with van der Waals surface area (Å²) in [5.41, 5.74) is 9.80. The number of hydrogen-bond donors (Lipinski definition) is 2. The number of aliphatic carboxylic acids is 1. The van der Waals surface area contributed by atoms with Gasteiger partial charge in [0, 0.05) is 63.8 Å². The van der Waals surface area contributed by atoms with Crippen LogP contribution in [0.25, 0.3) is 36.9 Å². The Morgan fingerprint density at radius 2 is 1.52 bits per heavy atom. The zero-order chi connectivity index (χ0) is 45.5. The number of Topliss-reactive ketones (excluding diaryl/α,β-unsaturated/α-hetero) is 1. The lowest BCUT2D eigenvalue weighted by atomic mass is 9.77. The fourth-order valence-corrected chi connectivity index (χ4v) is 12.5. The third-order valence-electron chi connectivity index (χ3n) is 13.7. The van der Waals surface area contributed by atoms with Gasteiger partial charge in [0.25, 0.3) is 0 Å². The van der Waals surface area contributed by atoms with Gasteiger partial charge in [0.05, 0.1) is 37.0 Å². The lowest BCUT2D eigenvalue weighted by Gasteiger charge is -2.28. The number of nitriles is 1. The highest BCUT2D eigenvalue weighted by molar-refractivity contribution is 7.29. The lowest BCUT2D eigenvalue weighted by molar-refractivity contribution is -0.438. The largest absolute Gasteiger partial charge is 0.506 e. The number of aryl methyl sites for hydroxylation is 1. The molecule has 0 atom stereocenters. The number of likely N-dealkylation sites (N-methyl/N-ethyl adjacent to an activating group) is 1. The Morgan fingerprint density at radius 1 is 0.828 bits per heavy atom. The van der Waals surface area contributed by atoms with Crippen LogP contribution in [0.2, 0.25) is 0 Å². The molecule has 2 aliphatic heterocycles. The molecule has 2 N–H and O–H groups in total. The van der Waals surface area contributed by atoms with E-state index in [1.807, 2.05) is 24.3 Å². The van der Waals surface area contributed by atoms with E-state index in [1.54, 1.807) is 22.7 Å². The molecule has 0 radical (unpaired) electrons. The van der Waals surface area contributed by atoms with Crippen molar-refractivity contribution in [2.24, 2.45) is 0 Å². The van der Waals surface area contributed by atoms with Crippen molar-refractivity contribution in [1.29, 1.82) is 5.26 Å². The third kappa shape index (κ3) is 7.89. The molecule has 64 heavy (non-hydrogen) atoms. The summed E-state index contributed by atoms with van der Waals surface area (Å²) in [5.74, 6) is -1.29. The number of fused-ring (bicyclic) bond motifs is 5. The molecule has 8 rings (SSSR count). The molecule has 8 nitrogen and oxygen atoms in total. The van der Waals surface area contributed by atoms with E-state index < -0.39 is 11.4 Å². The van der Waals surface area contributed by atoms with E-state index in [0.717, 1.165) is 100 Å². The fourth-order valence-electron chi connectivity index (χ4n) is 10.1. The monoisotopic (exact) mass is 893 g/mol. The minimum Gasteiger partial charge on any atom is -0.506 e. The van der Waals surface area contributed by atoms with E-state index in [-0.39, 0.29) is 22.5 Å². The number of carboxylic acids is 1. The molecule has 1 aliphatic carbocycles. The number of para-hydroxylation sites is 1. The highest BCUT2D eigenvalue weighted by Gasteiger charge is 2.47. The van der Waals surface area contributed by atoms with Crippen LogP contribution in [0.4, 0.5) is 11.4 Å². The highest BCUT2D eigenvalue weighted by atomic mass is 32.1. The Bertz CT molecular complexity index is 2880. The molecule has 10 heteroatoms. The van der Waals surface area contributed by atoms with Crippen molar-refractivity contribution in [2.45, 2.75) is 130 Å². The van der Waals surface area contributed by atoms with Crippen molar-refractivity contribution in [1.82, 2.24) is 4.57 Å². The van der Waals surface area contributed by atoms with Gasteiger partial charge in [0.15, 0.2) is 5.71 Å². The van der Waals surface area contributed by atoms with Gasteiger partial charge in [0.1, 0.15) is 23.9 Å². The lowest BCUT2D eigenvalue weighted by Crippen LogP contribution is -2.32. The maximum atomic E-state index is 14.2. The zero-order valence-electron chi connectivity index (χ0n) is 38.4. The van der Waals surface area contributed by atoms with Crippen molar-refractivity contribution in [3.63, 3.8) is 0 Å². The molecule has 0 saturated carbocycles. The average Bonchev–Trinajstić information content (AvgIpc) is 4.05. The third-order valence-corrected chi connectivity index (χ3v) is 16.1. The smallest absolute Gasteiger partial charge is 0.346 e. The van der Waals surface area contributed by atoms with Crippen LogP contribution in [0.15, 0.2) is 94.9 Å². The number of nitrogens with zero attached hydrogens (tertiary/aromatic N) is 4. The fraction of sp³-hybridized carbons (Fsp3) is 0.407. The summed E-state index contributed by atoms with van der Waals surface area (Å²) in [5, 5.41) is 30.8. The number of carboxylic acid groups (broad SMARTS) is 1. The van der Waals surface area contributed by atoms with Gasteiger partial charge in [0.2, 0.25) is 11.5 Å². The van der Waals surface area contributed by atoms with E-state index in [0.29, 0.717) is 11.1 Å². The first-order valence-electron chi connectivity index (χ1n) is 23.3. The molecule has 332 valence electrons. The van der Waals surface area contributed by atoms with Gasteiger partial charge < -0.3 is 19.7 Å². The first kappa shape index (κ1) is 45.1. The molecule has 0 amide bonds. The van der Waals surface area contributed by atoms with Crippen molar-refractivity contribution in [2.75, 3.05) is 18.0 Å². The molecular weight excluding hydrogens is 833 g/mol. The first-order valence-corrected chi connectivity index (χ1v) is 24.9. The Morgan fingerprint density at radius 3 is 2.22 bits per heavy atom. The quantitative estimate of drug-likeness (QED) is 0.0392. The molecule has 3 aromatic heterocycles. The van der Waals surface area contributed by atoms with E-state index in [9.17, 15) is 25.1 Å². The van der Waals surface area contributed by atoms with Crippen LogP contribution >= 0.6 is 22.7 Å². The topological polar surface area (TPSA) is 110 Å². The number of rotatable bonds is 18. The number of unbranched alkanes of at least 4 members (excludes halogenated alkanes) is 8. The summed E-state index contributed by atoms with van der Waals surface area (Å²) in [6.45, 7) is 17.9. The Balaban J connectivity index is 1.17. The van der Waals surface area contributed by atoms with Gasteiger partial charge in [-0.2, -0.15) is 9.84 Å². The van der Waals surface area contributed by atoms with Gasteiger partial charge in [-0.05, 0) is 87.2 Å². The van der Waals surface area contributed by atoms with E-state index in [2.05, 4.69) is 111 Å². The van der Waals surface area contributed by atoms with Crippen molar-refractivity contribution in [3.8, 4) is 16.5 Å². The molecule has 0 bridgehead atoms. The first-order chi connectivity index (χ1) is 30.8. The van der Waals surface area contributed by atoms with Gasteiger partial charge in [-0.3, -0.25) is 4.79 Å². The zero-order valence-corrected chi connectivity index (χ0v) is 40.1. The van der Waals surface area contributed by atoms with Crippen LogP contribution in [0.1, 0.15) is 129 Å². The molecule has 3 aliphatic rings. The molecular formula is C54H61N4O4S2+. The van der Waals surface area contributed by atoms with Gasteiger partial charge in [-0.15, -0.1) is 22.7 Å².